The Hall–Kier alpha value is -3.35. The molecule has 0 spiro atoms. The van der Waals surface area contributed by atoms with E-state index in [0.29, 0.717) is 18.0 Å². The molecule has 1 saturated carbocycles. The third kappa shape index (κ3) is 4.61. The minimum absolute atomic E-state index is 0.00652. The fourth-order valence-electron chi connectivity index (χ4n) is 4.45. The first-order valence-corrected chi connectivity index (χ1v) is 11.3. The molecule has 2 aromatic rings. The number of urea groups is 1. The normalized spacial score (nSPS) is 19.0. The number of carbonyl (C=O) groups excluding carboxylic acids is 3. The van der Waals surface area contributed by atoms with Crippen LogP contribution >= 0.6 is 0 Å². The van der Waals surface area contributed by atoms with Crippen LogP contribution in [0.15, 0.2) is 54.6 Å². The van der Waals surface area contributed by atoms with Crippen molar-refractivity contribution in [1.29, 1.82) is 0 Å². The van der Waals surface area contributed by atoms with Crippen LogP contribution in [0.1, 0.15) is 45.4 Å². The maximum atomic E-state index is 13.3. The molecular formula is C25H29N3O4. The number of para-hydroxylation sites is 1. The van der Waals surface area contributed by atoms with E-state index in [-0.39, 0.29) is 30.3 Å². The van der Waals surface area contributed by atoms with E-state index in [4.69, 9.17) is 4.74 Å². The molecule has 4 amide bonds. The van der Waals surface area contributed by atoms with Crippen molar-refractivity contribution in [1.82, 2.24) is 4.90 Å². The molecule has 2 aliphatic rings. The number of rotatable bonds is 8. The van der Waals surface area contributed by atoms with E-state index in [1.807, 2.05) is 13.0 Å². The molecule has 1 aliphatic heterocycles. The molecule has 1 unspecified atom stereocenters. The quantitative estimate of drug-likeness (QED) is 0.616. The summed E-state index contributed by atoms with van der Waals surface area (Å²) in [6, 6.07) is 14.9. The van der Waals surface area contributed by atoms with Crippen LogP contribution in [0.4, 0.5) is 16.2 Å². The van der Waals surface area contributed by atoms with Gasteiger partial charge in [-0.1, -0.05) is 38.0 Å². The smallest absolute Gasteiger partial charge is 0.332 e. The minimum atomic E-state index is -0.794. The monoisotopic (exact) mass is 435 g/mol. The number of nitrogens with zero attached hydrogens (tertiary/aromatic N) is 2. The molecule has 0 aromatic heterocycles. The summed E-state index contributed by atoms with van der Waals surface area (Å²) in [7, 11) is 0. The average molecular weight is 436 g/mol. The summed E-state index contributed by atoms with van der Waals surface area (Å²) in [5, 5.41) is 2.85. The van der Waals surface area contributed by atoms with Gasteiger partial charge in [0.05, 0.1) is 18.7 Å². The Labute approximate surface area is 188 Å². The molecule has 1 heterocycles. The van der Waals surface area contributed by atoms with E-state index in [1.165, 1.54) is 4.90 Å². The van der Waals surface area contributed by atoms with Crippen LogP contribution < -0.4 is 15.0 Å². The molecule has 4 rings (SSSR count). The Morgan fingerprint density at radius 3 is 2.38 bits per heavy atom. The third-order valence-electron chi connectivity index (χ3n) is 5.98. The van der Waals surface area contributed by atoms with Crippen LogP contribution in [-0.2, 0) is 9.59 Å². The van der Waals surface area contributed by atoms with Crippen LogP contribution in [0.5, 0.6) is 5.75 Å². The number of carbonyl (C=O) groups is 3. The molecule has 1 aliphatic carbocycles. The van der Waals surface area contributed by atoms with Crippen LogP contribution in [0.25, 0.3) is 0 Å². The van der Waals surface area contributed by atoms with Gasteiger partial charge in [-0.3, -0.25) is 9.59 Å². The van der Waals surface area contributed by atoms with Crippen molar-refractivity contribution < 1.29 is 19.1 Å². The highest BCUT2D eigenvalue weighted by molar-refractivity contribution is 6.22. The van der Waals surface area contributed by atoms with Crippen LogP contribution in [-0.4, -0.2) is 41.4 Å². The highest BCUT2D eigenvalue weighted by Crippen LogP contribution is 2.34. The Morgan fingerprint density at radius 2 is 1.72 bits per heavy atom. The molecule has 7 nitrogen and oxygen atoms in total. The summed E-state index contributed by atoms with van der Waals surface area (Å²) in [6.45, 7) is 2.68. The van der Waals surface area contributed by atoms with Crippen molar-refractivity contribution in [2.24, 2.45) is 0 Å². The van der Waals surface area contributed by atoms with Gasteiger partial charge in [-0.2, -0.15) is 0 Å². The lowest BCUT2D eigenvalue weighted by atomic mass is 10.1. The van der Waals surface area contributed by atoms with E-state index in [2.05, 4.69) is 5.32 Å². The largest absolute Gasteiger partial charge is 0.494 e. The number of ether oxygens (including phenoxy) is 1. The second kappa shape index (κ2) is 9.85. The van der Waals surface area contributed by atoms with Crippen molar-refractivity contribution in [2.45, 2.75) is 57.5 Å². The highest BCUT2D eigenvalue weighted by atomic mass is 16.5. The van der Waals surface area contributed by atoms with Gasteiger partial charge >= 0.3 is 6.03 Å². The Morgan fingerprint density at radius 1 is 1.03 bits per heavy atom. The van der Waals surface area contributed by atoms with Gasteiger partial charge in [-0.15, -0.1) is 0 Å². The molecule has 7 heteroatoms. The Bertz CT molecular complexity index is 955. The van der Waals surface area contributed by atoms with E-state index < -0.39 is 6.04 Å². The fourth-order valence-corrected chi connectivity index (χ4v) is 4.45. The second-order valence-corrected chi connectivity index (χ2v) is 8.28. The maximum Gasteiger partial charge on any atom is 0.332 e. The van der Waals surface area contributed by atoms with Crippen LogP contribution in [0.3, 0.4) is 0 Å². The Balaban J connectivity index is 1.49. The molecule has 32 heavy (non-hydrogen) atoms. The fraction of sp³-hybridized carbons (Fsp3) is 0.400. The summed E-state index contributed by atoms with van der Waals surface area (Å²) in [4.78, 5) is 42.2. The summed E-state index contributed by atoms with van der Waals surface area (Å²) in [5.74, 6) is 0.107. The number of anilines is 2. The van der Waals surface area contributed by atoms with Gasteiger partial charge in [0.2, 0.25) is 5.91 Å². The summed E-state index contributed by atoms with van der Waals surface area (Å²) < 4.78 is 5.57. The van der Waals surface area contributed by atoms with E-state index in [0.717, 1.165) is 37.9 Å². The predicted molar refractivity (Wildman–Crippen MR) is 123 cm³/mol. The molecule has 1 saturated heterocycles. The first-order valence-electron chi connectivity index (χ1n) is 11.3. The lowest BCUT2D eigenvalue weighted by molar-refractivity contribution is -0.124. The van der Waals surface area contributed by atoms with Crippen LogP contribution in [0, 0.1) is 0 Å². The molecule has 0 bridgehead atoms. The van der Waals surface area contributed by atoms with E-state index >= 15 is 0 Å². The first kappa shape index (κ1) is 21.9. The van der Waals surface area contributed by atoms with Gasteiger partial charge in [0.15, 0.2) is 0 Å². The first-order chi connectivity index (χ1) is 15.6. The zero-order valence-electron chi connectivity index (χ0n) is 18.3. The number of hydrogen-bond donors (Lipinski definition) is 1. The van der Waals surface area contributed by atoms with Gasteiger partial charge in [0.25, 0.3) is 5.91 Å². The molecule has 1 N–H and O–H groups in total. The second-order valence-electron chi connectivity index (χ2n) is 8.28. The van der Waals surface area contributed by atoms with Gasteiger partial charge in [-0.25, -0.2) is 9.69 Å². The van der Waals surface area contributed by atoms with Gasteiger partial charge in [-0.05, 0) is 55.7 Å². The van der Waals surface area contributed by atoms with E-state index in [1.54, 1.807) is 53.4 Å². The predicted octanol–water partition coefficient (Wildman–Crippen LogP) is 4.58. The number of nitrogens with one attached hydrogen (secondary N) is 1. The number of hydrogen-bond acceptors (Lipinski definition) is 4. The lowest BCUT2D eigenvalue weighted by Crippen LogP contribution is -2.43. The summed E-state index contributed by atoms with van der Waals surface area (Å²) in [6.07, 6.45) is 4.62. The maximum absolute atomic E-state index is 13.3. The van der Waals surface area contributed by atoms with Crippen molar-refractivity contribution in [3.8, 4) is 5.75 Å². The third-order valence-corrected chi connectivity index (χ3v) is 5.98. The summed E-state index contributed by atoms with van der Waals surface area (Å²) in [5.41, 5.74) is 1.17. The Kier molecular flexibility index (Phi) is 6.73. The summed E-state index contributed by atoms with van der Waals surface area (Å²) >= 11 is 0. The zero-order valence-corrected chi connectivity index (χ0v) is 18.3. The molecule has 0 radical (unpaired) electrons. The molecular weight excluding hydrogens is 406 g/mol. The molecule has 1 atom stereocenters. The standard InChI is InChI=1S/C25H29N3O4/c1-2-16-32-21-14-12-18(13-15-21)26-23(29)17-22-24(30)28(20-8-4-3-5-9-20)25(31)27(22)19-10-6-7-11-19/h3-5,8-9,12-15,19,22H,2,6-7,10-11,16-17H2,1H3,(H,26,29). The van der Waals surface area contributed by atoms with Crippen molar-refractivity contribution >= 4 is 29.2 Å². The zero-order chi connectivity index (χ0) is 22.5. The van der Waals surface area contributed by atoms with Gasteiger partial charge < -0.3 is 15.0 Å². The lowest BCUT2D eigenvalue weighted by Gasteiger charge is -2.27. The van der Waals surface area contributed by atoms with Crippen molar-refractivity contribution in [3.05, 3.63) is 54.6 Å². The van der Waals surface area contributed by atoms with Gasteiger partial charge in [0.1, 0.15) is 11.8 Å². The number of imide groups is 1. The number of amides is 4. The molecule has 2 fully saturated rings. The highest BCUT2D eigenvalue weighted by Gasteiger charge is 2.49. The van der Waals surface area contributed by atoms with Gasteiger partial charge in [0, 0.05) is 11.7 Å². The molecule has 168 valence electrons. The van der Waals surface area contributed by atoms with Crippen molar-refractivity contribution in [2.75, 3.05) is 16.8 Å². The average Bonchev–Trinajstić information content (AvgIpc) is 3.40. The number of benzene rings is 2. The SMILES string of the molecule is CCCOc1ccc(NC(=O)CC2C(=O)N(c3ccccc3)C(=O)N2C2CCCC2)cc1. The molecule has 2 aromatic carbocycles. The van der Waals surface area contributed by atoms with Crippen LogP contribution in [0.2, 0.25) is 0 Å². The van der Waals surface area contributed by atoms with Crippen molar-refractivity contribution in [3.63, 3.8) is 0 Å². The topological polar surface area (TPSA) is 79.0 Å². The minimum Gasteiger partial charge on any atom is -0.494 e. The van der Waals surface area contributed by atoms with E-state index in [9.17, 15) is 14.4 Å².